The normalized spacial score (nSPS) is 13.8. The second-order valence-electron chi connectivity index (χ2n) is 5.47. The third kappa shape index (κ3) is 4.67. The Morgan fingerprint density at radius 2 is 2.08 bits per heavy atom. The predicted molar refractivity (Wildman–Crippen MR) is 98.4 cm³/mol. The minimum absolute atomic E-state index is 0.108. The Morgan fingerprint density at radius 1 is 1.32 bits per heavy atom. The van der Waals surface area contributed by atoms with Gasteiger partial charge in [0.15, 0.2) is 4.34 Å². The molecule has 0 aliphatic carbocycles. The molecule has 3 rings (SSSR count). The van der Waals surface area contributed by atoms with E-state index in [2.05, 4.69) is 20.4 Å². The van der Waals surface area contributed by atoms with E-state index in [1.54, 1.807) is 12.1 Å². The smallest absolute Gasteiger partial charge is 0.292 e. The number of anilines is 2. The molecule has 1 aromatic carbocycles. The fraction of sp³-hybridized carbons (Fsp3) is 0.400. The highest BCUT2D eigenvalue weighted by atomic mass is 32.2. The Morgan fingerprint density at radius 3 is 2.84 bits per heavy atom. The Bertz CT molecular complexity index is 761. The molecule has 1 aliphatic rings. The van der Waals surface area contributed by atoms with Crippen LogP contribution in [-0.4, -0.2) is 39.9 Å². The van der Waals surface area contributed by atoms with Crippen molar-refractivity contribution >= 4 is 45.5 Å². The molecule has 0 saturated carbocycles. The largest absolute Gasteiger partial charge is 0.347 e. The monoisotopic (exact) mass is 379 g/mol. The fourth-order valence-electron chi connectivity index (χ4n) is 2.48. The first-order valence-electron chi connectivity index (χ1n) is 7.88. The average molecular weight is 379 g/mol. The molecular formula is C15H17N5O3S2. The molecule has 1 aliphatic heterocycles. The molecule has 1 fully saturated rings. The van der Waals surface area contributed by atoms with E-state index in [4.69, 9.17) is 0 Å². The van der Waals surface area contributed by atoms with Crippen molar-refractivity contribution in [3.8, 4) is 0 Å². The van der Waals surface area contributed by atoms with Crippen LogP contribution in [0.5, 0.6) is 0 Å². The summed E-state index contributed by atoms with van der Waals surface area (Å²) in [5.74, 6) is 0.284. The Balaban J connectivity index is 1.47. The molecule has 0 atom stereocenters. The summed E-state index contributed by atoms with van der Waals surface area (Å²) < 4.78 is 0.834. The molecule has 0 spiro atoms. The van der Waals surface area contributed by atoms with Crippen LogP contribution in [-0.2, 0) is 4.79 Å². The third-order valence-electron chi connectivity index (χ3n) is 3.70. The molecule has 1 amide bonds. The van der Waals surface area contributed by atoms with Crippen LogP contribution in [0.25, 0.3) is 0 Å². The Labute approximate surface area is 152 Å². The number of nitro groups is 1. The van der Waals surface area contributed by atoms with E-state index in [9.17, 15) is 14.9 Å². The summed E-state index contributed by atoms with van der Waals surface area (Å²) in [5, 5.41) is 22.8. The minimum atomic E-state index is -0.508. The average Bonchev–Trinajstić information content (AvgIpc) is 3.26. The number of carbonyl (C=O) groups excluding carboxylic acids is 1. The summed E-state index contributed by atoms with van der Waals surface area (Å²) >= 11 is 3.01. The maximum absolute atomic E-state index is 12.0. The van der Waals surface area contributed by atoms with Gasteiger partial charge in [-0.3, -0.25) is 14.9 Å². The van der Waals surface area contributed by atoms with E-state index in [-0.39, 0.29) is 23.7 Å². The lowest BCUT2D eigenvalue weighted by Crippen LogP contribution is -2.17. The fourth-order valence-corrected chi connectivity index (χ4v) is 4.38. The third-order valence-corrected chi connectivity index (χ3v) is 5.82. The van der Waals surface area contributed by atoms with Gasteiger partial charge in [-0.05, 0) is 18.9 Å². The number of nitrogens with one attached hydrogen (secondary N) is 1. The van der Waals surface area contributed by atoms with Gasteiger partial charge in [0.2, 0.25) is 11.0 Å². The van der Waals surface area contributed by atoms with Crippen LogP contribution >= 0.6 is 23.1 Å². The summed E-state index contributed by atoms with van der Waals surface area (Å²) in [5.41, 5.74) is 0.109. The standard InChI is InChI=1S/C15H17N5O3S2/c21-13(16-11-5-1-2-6-12(11)20(22)23)7-10-24-15-18-17-14(25-15)19-8-3-4-9-19/h1-2,5-6H,3-4,7-10H2,(H,16,21). The van der Waals surface area contributed by atoms with Gasteiger partial charge in [0, 0.05) is 31.3 Å². The predicted octanol–water partition coefficient (Wildman–Crippen LogP) is 3.17. The molecule has 1 saturated heterocycles. The zero-order chi connectivity index (χ0) is 17.6. The lowest BCUT2D eigenvalue weighted by atomic mass is 10.2. The summed E-state index contributed by atoms with van der Waals surface area (Å²) in [7, 11) is 0. The number of rotatable bonds is 7. The van der Waals surface area contributed by atoms with E-state index in [0.29, 0.717) is 5.75 Å². The van der Waals surface area contributed by atoms with E-state index in [1.165, 1.54) is 48.1 Å². The van der Waals surface area contributed by atoms with Crippen LogP contribution in [0, 0.1) is 10.1 Å². The van der Waals surface area contributed by atoms with E-state index >= 15 is 0 Å². The van der Waals surface area contributed by atoms with Crippen molar-refractivity contribution in [3.63, 3.8) is 0 Å². The zero-order valence-corrected chi connectivity index (χ0v) is 15.0. The minimum Gasteiger partial charge on any atom is -0.347 e. The molecule has 8 nitrogen and oxygen atoms in total. The zero-order valence-electron chi connectivity index (χ0n) is 13.4. The number of thioether (sulfide) groups is 1. The number of aromatic nitrogens is 2. The quantitative estimate of drug-likeness (QED) is 0.448. The highest BCUT2D eigenvalue weighted by molar-refractivity contribution is 8.01. The van der Waals surface area contributed by atoms with E-state index in [1.807, 2.05) is 0 Å². The highest BCUT2D eigenvalue weighted by Crippen LogP contribution is 2.30. The van der Waals surface area contributed by atoms with Crippen LogP contribution < -0.4 is 10.2 Å². The van der Waals surface area contributed by atoms with Crippen LogP contribution in [0.4, 0.5) is 16.5 Å². The van der Waals surface area contributed by atoms with E-state index in [0.717, 1.165) is 22.6 Å². The first kappa shape index (κ1) is 17.6. The van der Waals surface area contributed by atoms with Crippen molar-refractivity contribution < 1.29 is 9.72 Å². The molecule has 1 aromatic heterocycles. The lowest BCUT2D eigenvalue weighted by molar-refractivity contribution is -0.383. The van der Waals surface area contributed by atoms with Gasteiger partial charge >= 0.3 is 0 Å². The summed E-state index contributed by atoms with van der Waals surface area (Å²) in [6.07, 6.45) is 2.62. The second-order valence-corrected chi connectivity index (χ2v) is 7.76. The first-order chi connectivity index (χ1) is 12.1. The molecule has 1 N–H and O–H groups in total. The number of benzene rings is 1. The molecule has 0 unspecified atom stereocenters. The molecular weight excluding hydrogens is 362 g/mol. The SMILES string of the molecule is O=C(CCSc1nnc(N2CCCC2)s1)Nc1ccccc1[N+](=O)[O-]. The maximum Gasteiger partial charge on any atom is 0.292 e. The topological polar surface area (TPSA) is 101 Å². The Hall–Kier alpha value is -2.20. The number of hydrogen-bond donors (Lipinski definition) is 1. The van der Waals surface area contributed by atoms with Gasteiger partial charge in [-0.15, -0.1) is 10.2 Å². The summed E-state index contributed by atoms with van der Waals surface area (Å²) in [4.78, 5) is 24.7. The maximum atomic E-state index is 12.0. The van der Waals surface area contributed by atoms with Crippen LogP contribution in [0.15, 0.2) is 28.6 Å². The molecule has 25 heavy (non-hydrogen) atoms. The Kier molecular flexibility index (Phi) is 5.82. The van der Waals surface area contributed by atoms with Crippen molar-refractivity contribution in [3.05, 3.63) is 34.4 Å². The van der Waals surface area contributed by atoms with Crippen LogP contribution in [0.1, 0.15) is 19.3 Å². The van der Waals surface area contributed by atoms with Gasteiger partial charge in [0.1, 0.15) is 5.69 Å². The number of para-hydroxylation sites is 2. The molecule has 2 aromatic rings. The van der Waals surface area contributed by atoms with Crippen molar-refractivity contribution in [2.75, 3.05) is 29.1 Å². The number of hydrogen-bond acceptors (Lipinski definition) is 8. The first-order valence-corrected chi connectivity index (χ1v) is 9.68. The van der Waals surface area contributed by atoms with Gasteiger partial charge in [-0.25, -0.2) is 0 Å². The van der Waals surface area contributed by atoms with Gasteiger partial charge in [-0.2, -0.15) is 0 Å². The van der Waals surface area contributed by atoms with Crippen molar-refractivity contribution in [2.45, 2.75) is 23.6 Å². The molecule has 10 heteroatoms. The molecule has 2 heterocycles. The van der Waals surface area contributed by atoms with E-state index < -0.39 is 4.92 Å². The van der Waals surface area contributed by atoms with Gasteiger partial charge in [-0.1, -0.05) is 35.2 Å². The summed E-state index contributed by atoms with van der Waals surface area (Å²) in [6, 6.07) is 6.11. The molecule has 0 radical (unpaired) electrons. The number of nitrogens with zero attached hydrogens (tertiary/aromatic N) is 4. The second kappa shape index (κ2) is 8.26. The lowest BCUT2D eigenvalue weighted by Gasteiger charge is -2.10. The molecule has 0 bridgehead atoms. The summed E-state index contributed by atoms with van der Waals surface area (Å²) in [6.45, 7) is 2.05. The molecule has 132 valence electrons. The van der Waals surface area contributed by atoms with Crippen LogP contribution in [0.2, 0.25) is 0 Å². The number of amides is 1. The number of carbonyl (C=O) groups is 1. The van der Waals surface area contributed by atoms with Gasteiger partial charge in [0.25, 0.3) is 5.69 Å². The van der Waals surface area contributed by atoms with Crippen molar-refractivity contribution in [1.29, 1.82) is 0 Å². The van der Waals surface area contributed by atoms with Crippen molar-refractivity contribution in [1.82, 2.24) is 10.2 Å². The highest BCUT2D eigenvalue weighted by Gasteiger charge is 2.17. The van der Waals surface area contributed by atoms with Crippen molar-refractivity contribution in [2.24, 2.45) is 0 Å². The van der Waals surface area contributed by atoms with Gasteiger partial charge < -0.3 is 10.2 Å². The van der Waals surface area contributed by atoms with Crippen LogP contribution in [0.3, 0.4) is 0 Å². The number of nitro benzene ring substituents is 1. The van der Waals surface area contributed by atoms with Gasteiger partial charge in [0.05, 0.1) is 4.92 Å².